The third-order valence-electron chi connectivity index (χ3n) is 6.26. The highest BCUT2D eigenvalue weighted by Crippen LogP contribution is 2.21. The number of carbonyl (C=O) groups is 3. The van der Waals surface area contributed by atoms with Gasteiger partial charge in [0.15, 0.2) is 0 Å². The first-order valence-electron chi connectivity index (χ1n) is 11.1. The Labute approximate surface area is 188 Å². The van der Waals surface area contributed by atoms with Crippen LogP contribution in [0.5, 0.6) is 5.75 Å². The molecule has 32 heavy (non-hydrogen) atoms. The van der Waals surface area contributed by atoms with Gasteiger partial charge in [0.2, 0.25) is 17.7 Å². The second-order valence-corrected chi connectivity index (χ2v) is 8.30. The monoisotopic (exact) mass is 435 g/mol. The van der Waals surface area contributed by atoms with Crippen LogP contribution in [0.25, 0.3) is 0 Å². The van der Waals surface area contributed by atoms with Crippen molar-refractivity contribution in [1.82, 2.24) is 14.7 Å². The lowest BCUT2D eigenvalue weighted by Crippen LogP contribution is -2.59. The molecule has 2 heterocycles. The Morgan fingerprint density at radius 2 is 1.72 bits per heavy atom. The summed E-state index contributed by atoms with van der Waals surface area (Å²) in [5, 5.41) is 0. The maximum Gasteiger partial charge on any atom is 0.246 e. The Morgan fingerprint density at radius 1 is 0.969 bits per heavy atom. The van der Waals surface area contributed by atoms with Crippen LogP contribution in [0.15, 0.2) is 54.6 Å². The number of amides is 3. The van der Waals surface area contributed by atoms with Gasteiger partial charge in [0, 0.05) is 32.6 Å². The highest BCUT2D eigenvalue weighted by molar-refractivity contribution is 5.95. The number of fused-ring (bicyclic) bond motifs is 1. The average Bonchev–Trinajstić information content (AvgIpc) is 3.06. The molecule has 2 aromatic rings. The van der Waals surface area contributed by atoms with Gasteiger partial charge < -0.3 is 19.4 Å². The van der Waals surface area contributed by atoms with Crippen LogP contribution < -0.4 is 4.74 Å². The number of ether oxygens (including phenoxy) is 1. The largest absolute Gasteiger partial charge is 0.497 e. The molecule has 0 saturated carbocycles. The first kappa shape index (κ1) is 21.9. The number of rotatable bonds is 6. The summed E-state index contributed by atoms with van der Waals surface area (Å²) >= 11 is 0. The van der Waals surface area contributed by atoms with Gasteiger partial charge in [0.1, 0.15) is 18.3 Å². The summed E-state index contributed by atoms with van der Waals surface area (Å²) < 4.78 is 5.17. The number of carbonyl (C=O) groups excluding carboxylic acids is 3. The molecule has 0 aliphatic carbocycles. The van der Waals surface area contributed by atoms with Crippen molar-refractivity contribution in [1.29, 1.82) is 0 Å². The van der Waals surface area contributed by atoms with Crippen molar-refractivity contribution in [2.45, 2.75) is 31.8 Å². The molecule has 0 spiro atoms. The summed E-state index contributed by atoms with van der Waals surface area (Å²) in [5.74, 6) is 0.778. The van der Waals surface area contributed by atoms with E-state index < -0.39 is 6.04 Å². The molecule has 7 heteroatoms. The van der Waals surface area contributed by atoms with Crippen molar-refractivity contribution in [2.75, 3.05) is 33.3 Å². The van der Waals surface area contributed by atoms with Gasteiger partial charge in [-0.15, -0.1) is 0 Å². The lowest BCUT2D eigenvalue weighted by atomic mass is 10.1. The van der Waals surface area contributed by atoms with Crippen LogP contribution in [0, 0.1) is 0 Å². The number of methoxy groups -OCH3 is 1. The second kappa shape index (κ2) is 9.85. The Kier molecular flexibility index (Phi) is 6.73. The van der Waals surface area contributed by atoms with Gasteiger partial charge in [0.25, 0.3) is 0 Å². The van der Waals surface area contributed by atoms with E-state index in [1.54, 1.807) is 21.8 Å². The molecule has 1 atom stereocenters. The van der Waals surface area contributed by atoms with Crippen LogP contribution in [-0.4, -0.2) is 71.8 Å². The van der Waals surface area contributed by atoms with Crippen molar-refractivity contribution >= 4 is 17.7 Å². The van der Waals surface area contributed by atoms with Gasteiger partial charge in [-0.2, -0.15) is 0 Å². The van der Waals surface area contributed by atoms with Crippen LogP contribution in [0.4, 0.5) is 0 Å². The molecule has 2 fully saturated rings. The lowest BCUT2D eigenvalue weighted by Gasteiger charge is -2.39. The summed E-state index contributed by atoms with van der Waals surface area (Å²) in [4.78, 5) is 43.8. The molecular formula is C25H29N3O4. The van der Waals surface area contributed by atoms with E-state index >= 15 is 0 Å². The number of aryl methyl sites for hydroxylation is 1. The van der Waals surface area contributed by atoms with E-state index in [9.17, 15) is 14.4 Å². The molecule has 2 saturated heterocycles. The molecular weight excluding hydrogens is 406 g/mol. The summed E-state index contributed by atoms with van der Waals surface area (Å²) in [6.45, 7) is 1.88. The number of hydrogen-bond acceptors (Lipinski definition) is 4. The Balaban J connectivity index is 1.35. The minimum atomic E-state index is -0.487. The van der Waals surface area contributed by atoms with Crippen molar-refractivity contribution < 1.29 is 19.1 Å². The maximum atomic E-state index is 13.1. The molecule has 2 aliphatic heterocycles. The molecule has 2 aromatic carbocycles. The first-order chi connectivity index (χ1) is 15.5. The fourth-order valence-corrected chi connectivity index (χ4v) is 4.42. The normalized spacial score (nSPS) is 18.9. The number of nitrogens with zero attached hydrogens (tertiary/aromatic N) is 3. The quantitative estimate of drug-likeness (QED) is 0.697. The van der Waals surface area contributed by atoms with E-state index in [2.05, 4.69) is 0 Å². The summed E-state index contributed by atoms with van der Waals surface area (Å²) in [6, 6.07) is 16.9. The Hall–Kier alpha value is -3.35. The predicted octanol–water partition coefficient (Wildman–Crippen LogP) is 2.10. The molecule has 0 bridgehead atoms. The average molecular weight is 436 g/mol. The van der Waals surface area contributed by atoms with Gasteiger partial charge in [-0.1, -0.05) is 42.5 Å². The third-order valence-corrected chi connectivity index (χ3v) is 6.26. The number of benzene rings is 2. The van der Waals surface area contributed by atoms with Crippen molar-refractivity contribution in [3.8, 4) is 5.75 Å². The second-order valence-electron chi connectivity index (χ2n) is 8.30. The van der Waals surface area contributed by atoms with Crippen molar-refractivity contribution in [3.05, 3.63) is 65.7 Å². The smallest absolute Gasteiger partial charge is 0.246 e. The number of hydrogen-bond donors (Lipinski definition) is 0. The fourth-order valence-electron chi connectivity index (χ4n) is 4.42. The third kappa shape index (κ3) is 4.93. The molecule has 2 aliphatic rings. The predicted molar refractivity (Wildman–Crippen MR) is 120 cm³/mol. The molecule has 1 unspecified atom stereocenters. The zero-order valence-corrected chi connectivity index (χ0v) is 18.4. The van der Waals surface area contributed by atoms with Crippen molar-refractivity contribution in [3.63, 3.8) is 0 Å². The standard InChI is InChI=1S/C25H29N3O4/c1-32-21-10-7-19(8-11-21)9-12-23(29)26-14-13-22-25(31)27(17-20-5-3-2-4-6-20)18-24(30)28(22)16-15-26/h2-8,10-11,22H,9,12-18H2,1H3. The molecule has 0 aromatic heterocycles. The van der Waals surface area contributed by atoms with Crippen LogP contribution in [0.1, 0.15) is 24.0 Å². The van der Waals surface area contributed by atoms with E-state index in [4.69, 9.17) is 4.74 Å². The number of piperazine rings is 1. The zero-order chi connectivity index (χ0) is 22.5. The van der Waals surface area contributed by atoms with Crippen LogP contribution in [0.2, 0.25) is 0 Å². The van der Waals surface area contributed by atoms with Gasteiger partial charge in [-0.3, -0.25) is 14.4 Å². The lowest BCUT2D eigenvalue weighted by molar-refractivity contribution is -0.156. The topological polar surface area (TPSA) is 70.2 Å². The molecule has 3 amide bonds. The Bertz CT molecular complexity index is 961. The highest BCUT2D eigenvalue weighted by atomic mass is 16.5. The SMILES string of the molecule is COc1ccc(CCC(=O)N2CCC3C(=O)N(Cc4ccccc4)CC(=O)N3CC2)cc1. The zero-order valence-electron chi connectivity index (χ0n) is 18.4. The van der Waals surface area contributed by atoms with E-state index in [-0.39, 0.29) is 24.3 Å². The first-order valence-corrected chi connectivity index (χ1v) is 11.1. The molecule has 0 N–H and O–H groups in total. The van der Waals surface area contributed by atoms with Crippen molar-refractivity contribution in [2.24, 2.45) is 0 Å². The van der Waals surface area contributed by atoms with Gasteiger partial charge in [-0.05, 0) is 36.1 Å². The van der Waals surface area contributed by atoms with Crippen LogP contribution >= 0.6 is 0 Å². The summed E-state index contributed by atoms with van der Waals surface area (Å²) in [5.41, 5.74) is 2.08. The van der Waals surface area contributed by atoms with E-state index in [1.165, 1.54) is 0 Å². The van der Waals surface area contributed by atoms with E-state index in [0.717, 1.165) is 16.9 Å². The van der Waals surface area contributed by atoms with E-state index in [0.29, 0.717) is 45.4 Å². The molecule has 168 valence electrons. The molecule has 4 rings (SSSR count). The summed E-state index contributed by atoms with van der Waals surface area (Å²) in [6.07, 6.45) is 1.53. The van der Waals surface area contributed by atoms with Gasteiger partial charge in [-0.25, -0.2) is 0 Å². The van der Waals surface area contributed by atoms with Gasteiger partial charge >= 0.3 is 0 Å². The van der Waals surface area contributed by atoms with Crippen LogP contribution in [-0.2, 0) is 27.3 Å². The summed E-state index contributed by atoms with van der Waals surface area (Å²) in [7, 11) is 1.63. The maximum absolute atomic E-state index is 13.1. The Morgan fingerprint density at radius 3 is 2.44 bits per heavy atom. The highest BCUT2D eigenvalue weighted by Gasteiger charge is 2.40. The minimum Gasteiger partial charge on any atom is -0.497 e. The van der Waals surface area contributed by atoms with Crippen LogP contribution in [0.3, 0.4) is 0 Å². The molecule has 7 nitrogen and oxygen atoms in total. The molecule has 0 radical (unpaired) electrons. The van der Waals surface area contributed by atoms with E-state index in [1.807, 2.05) is 54.6 Å². The van der Waals surface area contributed by atoms with Gasteiger partial charge in [0.05, 0.1) is 7.11 Å². The fraction of sp³-hybridized carbons (Fsp3) is 0.400. The minimum absolute atomic E-state index is 0.0269.